The molecule has 0 amide bonds. The van der Waals surface area contributed by atoms with Crippen molar-refractivity contribution >= 4 is 57.7 Å². The summed E-state index contributed by atoms with van der Waals surface area (Å²) in [5.41, 5.74) is 3.58. The van der Waals surface area contributed by atoms with Crippen LogP contribution in [-0.4, -0.2) is 11.0 Å². The van der Waals surface area contributed by atoms with Crippen LogP contribution >= 0.6 is 46.6 Å². The second kappa shape index (κ2) is 6.76. The fourth-order valence-electron chi connectivity index (χ4n) is 1.75. The van der Waals surface area contributed by atoms with E-state index in [1.807, 2.05) is 39.0 Å². The quantitative estimate of drug-likeness (QED) is 0.308. The van der Waals surface area contributed by atoms with Crippen molar-refractivity contribution in [3.05, 3.63) is 47.0 Å². The van der Waals surface area contributed by atoms with Gasteiger partial charge in [0, 0.05) is 0 Å². The fraction of sp³-hybridized carbons (Fsp3) is 0.286. The van der Waals surface area contributed by atoms with Gasteiger partial charge >= 0.3 is 142 Å². The van der Waals surface area contributed by atoms with E-state index >= 15 is 0 Å². The number of benzene rings is 1. The van der Waals surface area contributed by atoms with E-state index in [9.17, 15) is 9.59 Å². The number of hydrogen-bond donors (Lipinski definition) is 0. The van der Waals surface area contributed by atoms with E-state index in [0.29, 0.717) is 12.0 Å². The number of aryl methyl sites for hydroxylation is 2. The molecule has 0 saturated carbocycles. The molecule has 19 heavy (non-hydrogen) atoms. The van der Waals surface area contributed by atoms with Crippen LogP contribution in [0.5, 0.6) is 0 Å². The molecule has 0 saturated heterocycles. The van der Waals surface area contributed by atoms with Gasteiger partial charge in [0.25, 0.3) is 0 Å². The van der Waals surface area contributed by atoms with Gasteiger partial charge in [-0.3, -0.25) is 0 Å². The van der Waals surface area contributed by atoms with Crippen molar-refractivity contribution < 1.29 is 9.59 Å². The second-order valence-corrected chi connectivity index (χ2v) is 22.8. The Kier molecular flexibility index (Phi) is 6.14. The Morgan fingerprint density at radius 2 is 1.84 bits per heavy atom. The van der Waals surface area contributed by atoms with E-state index < -0.39 is 2.55 Å². The molecule has 1 aromatic carbocycles. The fourth-order valence-corrected chi connectivity index (χ4v) is 6.03. The predicted octanol–water partition coefficient (Wildman–Crippen LogP) is 5.39. The molecule has 0 spiro atoms. The molecule has 104 valence electrons. The van der Waals surface area contributed by atoms with Crippen LogP contribution in [0.15, 0.2) is 30.4 Å². The number of carbonyl (C=O) groups is 2. The van der Waals surface area contributed by atoms with Crippen LogP contribution in [0.25, 0.3) is 0 Å². The minimum absolute atomic E-state index is 0.00236. The number of halogens is 2. The number of rotatable bonds is 5. The third-order valence-corrected chi connectivity index (χ3v) is 11.0. The zero-order chi connectivity index (χ0) is 14.8. The first-order valence-electron chi connectivity index (χ1n) is 5.83. The summed E-state index contributed by atoms with van der Waals surface area (Å²) in [6, 6.07) is 5.73. The zero-order valence-corrected chi connectivity index (χ0v) is 16.5. The minimum atomic E-state index is -2.66. The number of allylic oxidation sites excluding steroid dienone is 1. The van der Waals surface area contributed by atoms with Gasteiger partial charge < -0.3 is 0 Å². The summed E-state index contributed by atoms with van der Waals surface area (Å²) < 4.78 is -2.66. The third kappa shape index (κ3) is 4.33. The molecule has 5 heteroatoms. The third-order valence-electron chi connectivity index (χ3n) is 2.72. The molecule has 0 fully saturated rings. The monoisotopic (exact) mass is 502 g/mol. The van der Waals surface area contributed by atoms with Gasteiger partial charge in [-0.25, -0.2) is 0 Å². The first-order chi connectivity index (χ1) is 8.66. The van der Waals surface area contributed by atoms with Crippen LogP contribution in [0.4, 0.5) is 0 Å². The van der Waals surface area contributed by atoms with Gasteiger partial charge in [-0.05, 0) is 0 Å². The molecule has 0 unspecified atom stereocenters. The van der Waals surface area contributed by atoms with Crippen molar-refractivity contribution in [1.82, 2.24) is 0 Å². The standard InChI is InChI=1S/C14H17I2O2P/c1-9(2)7-13(17)19(15,16)14(18)12-6-5-10(3)8-11(12)4/h5-6,8,19H,1,7H2,2-4H3. The molecular weight excluding hydrogens is 485 g/mol. The molecule has 0 atom stereocenters. The van der Waals surface area contributed by atoms with Crippen molar-refractivity contribution in [2.75, 3.05) is 0 Å². The SMILES string of the molecule is C=C(C)CC(=O)[PH](I)(I)C(=O)c1ccc(C)cc1C. The van der Waals surface area contributed by atoms with Crippen LogP contribution in [-0.2, 0) is 4.79 Å². The van der Waals surface area contributed by atoms with Gasteiger partial charge in [0.1, 0.15) is 0 Å². The summed E-state index contributed by atoms with van der Waals surface area (Å²) in [5, 5.41) is 0. The molecule has 0 N–H and O–H groups in total. The Bertz CT molecular complexity index is 550. The van der Waals surface area contributed by atoms with E-state index in [0.717, 1.165) is 16.7 Å². The topological polar surface area (TPSA) is 34.1 Å². The van der Waals surface area contributed by atoms with E-state index in [-0.39, 0.29) is 11.0 Å². The Morgan fingerprint density at radius 3 is 2.32 bits per heavy atom. The predicted molar refractivity (Wildman–Crippen MR) is 101 cm³/mol. The molecule has 0 aromatic heterocycles. The van der Waals surface area contributed by atoms with Crippen molar-refractivity contribution in [3.8, 4) is 0 Å². The molecule has 0 aliphatic heterocycles. The summed E-state index contributed by atoms with van der Waals surface area (Å²) in [4.78, 5) is 24.9. The van der Waals surface area contributed by atoms with Crippen molar-refractivity contribution in [2.24, 2.45) is 0 Å². The maximum atomic E-state index is 12.6. The average Bonchev–Trinajstić information content (AvgIpc) is 2.27. The van der Waals surface area contributed by atoms with E-state index in [2.05, 4.69) is 50.7 Å². The summed E-state index contributed by atoms with van der Waals surface area (Å²) in [5.74, 6) is 0. The van der Waals surface area contributed by atoms with Gasteiger partial charge in [0.15, 0.2) is 0 Å². The molecule has 0 bridgehead atoms. The summed E-state index contributed by atoms with van der Waals surface area (Å²) in [6.07, 6.45) is 0.300. The molecule has 0 heterocycles. The first kappa shape index (κ1) is 17.2. The Hall–Kier alpha value is 0.190. The van der Waals surface area contributed by atoms with E-state index in [1.54, 1.807) is 0 Å². The van der Waals surface area contributed by atoms with Crippen LogP contribution in [0, 0.1) is 13.8 Å². The Balaban J connectivity index is 3.10. The van der Waals surface area contributed by atoms with Crippen molar-refractivity contribution in [2.45, 2.75) is 27.2 Å². The number of hydrogen-bond acceptors (Lipinski definition) is 2. The zero-order valence-electron chi connectivity index (χ0n) is 11.2. The Morgan fingerprint density at radius 1 is 1.26 bits per heavy atom. The van der Waals surface area contributed by atoms with Crippen LogP contribution in [0.2, 0.25) is 0 Å². The second-order valence-electron chi connectivity index (χ2n) is 4.78. The van der Waals surface area contributed by atoms with Gasteiger partial charge in [-0.15, -0.1) is 0 Å². The van der Waals surface area contributed by atoms with Crippen LogP contribution < -0.4 is 0 Å². The normalized spacial score (nSPS) is 12.1. The van der Waals surface area contributed by atoms with Crippen LogP contribution in [0.1, 0.15) is 34.8 Å². The van der Waals surface area contributed by atoms with Gasteiger partial charge in [0.2, 0.25) is 0 Å². The van der Waals surface area contributed by atoms with E-state index in [4.69, 9.17) is 0 Å². The summed E-state index contributed by atoms with van der Waals surface area (Å²) >= 11 is 4.15. The molecule has 0 aliphatic rings. The number of carbonyl (C=O) groups excluding carboxylic acids is 2. The van der Waals surface area contributed by atoms with E-state index in [1.165, 1.54) is 0 Å². The van der Waals surface area contributed by atoms with Crippen molar-refractivity contribution in [3.63, 3.8) is 0 Å². The summed E-state index contributed by atoms with van der Waals surface area (Å²) in [7, 11) is 0. The van der Waals surface area contributed by atoms with Gasteiger partial charge in [-0.2, -0.15) is 0 Å². The van der Waals surface area contributed by atoms with Gasteiger partial charge in [-0.1, -0.05) is 0 Å². The molecule has 1 aromatic rings. The summed E-state index contributed by atoms with van der Waals surface area (Å²) in [6.45, 7) is 9.48. The molecule has 2 nitrogen and oxygen atoms in total. The Labute approximate surface area is 140 Å². The molecule has 1 rings (SSSR count). The molecule has 0 radical (unpaired) electrons. The van der Waals surface area contributed by atoms with Crippen LogP contribution in [0.3, 0.4) is 0 Å². The first-order valence-corrected chi connectivity index (χ1v) is 14.1. The van der Waals surface area contributed by atoms with Gasteiger partial charge in [0.05, 0.1) is 0 Å². The van der Waals surface area contributed by atoms with Crippen molar-refractivity contribution in [1.29, 1.82) is 0 Å². The average molecular weight is 502 g/mol. The molecular formula is C14H17I2O2P. The maximum absolute atomic E-state index is 12.6. The molecule has 0 aliphatic carbocycles.